The van der Waals surface area contributed by atoms with E-state index in [4.69, 9.17) is 14.2 Å². The number of aryl methyl sites for hydroxylation is 1. The highest BCUT2D eigenvalue weighted by molar-refractivity contribution is 7.13. The molecule has 5 aromatic rings. The van der Waals surface area contributed by atoms with Crippen molar-refractivity contribution in [3.63, 3.8) is 0 Å². The number of nitrogens with one attached hydrogen (secondary N) is 2. The van der Waals surface area contributed by atoms with Crippen LogP contribution in [0.15, 0.2) is 115 Å². The number of carbonyl (C=O) groups excluding carboxylic acids is 4. The second kappa shape index (κ2) is 26.2. The van der Waals surface area contributed by atoms with E-state index in [-0.39, 0.29) is 63.7 Å². The minimum Gasteiger partial charge on any atom is -0.492 e. The maximum absolute atomic E-state index is 13.7. The van der Waals surface area contributed by atoms with Gasteiger partial charge >= 0.3 is 0 Å². The summed E-state index contributed by atoms with van der Waals surface area (Å²) in [5.41, 5.74) is 10.6. The summed E-state index contributed by atoms with van der Waals surface area (Å²) < 4.78 is 17.0. The first-order chi connectivity index (χ1) is 33.4. The lowest BCUT2D eigenvalue weighted by molar-refractivity contribution is -0.143. The number of aliphatic hydroxyl groups is 1. The number of likely N-dealkylation sites (tertiary alicyclic amines) is 1. The quantitative estimate of drug-likeness (QED) is 0.0372. The van der Waals surface area contributed by atoms with Crippen LogP contribution in [0.2, 0.25) is 0 Å². The van der Waals surface area contributed by atoms with Crippen molar-refractivity contribution in [1.29, 1.82) is 0 Å². The molecule has 0 aliphatic carbocycles. The highest BCUT2D eigenvalue weighted by atomic mass is 32.1. The molecular weight excluding hydrogens is 891 g/mol. The number of thiazole rings is 1. The van der Waals surface area contributed by atoms with E-state index >= 15 is 0 Å². The minimum absolute atomic E-state index is 0.0149. The first-order valence-electron chi connectivity index (χ1n) is 23.4. The number of β-amino-alcohol motifs (C(OH)–C–C–N with tert-alkyl or cyclic N) is 1. The number of benzene rings is 4. The highest BCUT2D eigenvalue weighted by Crippen LogP contribution is 2.35. The number of aromatic nitrogens is 1. The molecule has 3 N–H and O–H groups in total. The van der Waals surface area contributed by atoms with Gasteiger partial charge in [-0.25, -0.2) is 4.98 Å². The van der Waals surface area contributed by atoms with Crippen molar-refractivity contribution < 1.29 is 38.5 Å². The second-order valence-electron chi connectivity index (χ2n) is 17.1. The van der Waals surface area contributed by atoms with Crippen molar-refractivity contribution in [2.75, 3.05) is 53.2 Å². The highest BCUT2D eigenvalue weighted by Gasteiger charge is 2.42. The SMILES string of the molecule is CC/C(=C(\c1ccccc1)c1ccc(OCCN(C)C(=O)COCC#CCCOCC(=O)N[C@H](C(=O)N2C[C@H](O)C[C@H]2C(=O)NCc2ccc(-c3scnc3C)cc2)C(C)C)cc1)c1ccccc1. The molecular formula is C55H63N5O8S. The zero-order chi connectivity index (χ0) is 49.1. The molecule has 1 saturated heterocycles. The first-order valence-corrected chi connectivity index (χ1v) is 24.3. The smallest absolute Gasteiger partial charge is 0.248 e. The Labute approximate surface area is 409 Å². The number of hydrogen-bond acceptors (Lipinski definition) is 10. The zero-order valence-corrected chi connectivity index (χ0v) is 40.9. The Morgan fingerprint density at radius 2 is 1.55 bits per heavy atom. The predicted octanol–water partition coefficient (Wildman–Crippen LogP) is 7.17. The van der Waals surface area contributed by atoms with Crippen LogP contribution < -0.4 is 15.4 Å². The van der Waals surface area contributed by atoms with Gasteiger partial charge in [0.15, 0.2) is 0 Å². The molecule has 3 atom stereocenters. The Kier molecular flexibility index (Phi) is 19.7. The van der Waals surface area contributed by atoms with Crippen LogP contribution in [0.3, 0.4) is 0 Å². The van der Waals surface area contributed by atoms with Gasteiger partial charge in [-0.2, -0.15) is 0 Å². The number of nitrogens with zero attached hydrogens (tertiary/aromatic N) is 3. The minimum atomic E-state index is -0.926. The molecule has 0 saturated carbocycles. The topological polar surface area (TPSA) is 160 Å². The first kappa shape index (κ1) is 51.8. The molecule has 4 amide bonds. The Morgan fingerprint density at radius 1 is 0.870 bits per heavy atom. The van der Waals surface area contributed by atoms with Gasteiger partial charge in [0.05, 0.1) is 35.3 Å². The third-order valence-corrected chi connectivity index (χ3v) is 12.8. The second-order valence-corrected chi connectivity index (χ2v) is 18.0. The van der Waals surface area contributed by atoms with E-state index in [0.29, 0.717) is 25.3 Å². The van der Waals surface area contributed by atoms with Crippen LogP contribution in [-0.4, -0.2) is 115 Å². The van der Waals surface area contributed by atoms with E-state index in [2.05, 4.69) is 95.0 Å². The van der Waals surface area contributed by atoms with E-state index in [0.717, 1.165) is 39.2 Å². The molecule has 0 spiro atoms. The molecule has 1 aromatic heterocycles. The zero-order valence-electron chi connectivity index (χ0n) is 40.1. The molecule has 14 heteroatoms. The summed E-state index contributed by atoms with van der Waals surface area (Å²) in [6.07, 6.45) is 0.427. The summed E-state index contributed by atoms with van der Waals surface area (Å²) in [5, 5.41) is 16.2. The molecule has 1 fully saturated rings. The Balaban J connectivity index is 0.859. The Morgan fingerprint density at radius 3 is 2.20 bits per heavy atom. The molecule has 4 aromatic carbocycles. The van der Waals surface area contributed by atoms with Crippen LogP contribution in [0.5, 0.6) is 5.75 Å². The summed E-state index contributed by atoms with van der Waals surface area (Å²) >= 11 is 1.57. The van der Waals surface area contributed by atoms with E-state index in [1.807, 2.05) is 61.0 Å². The molecule has 0 radical (unpaired) electrons. The van der Waals surface area contributed by atoms with Crippen LogP contribution in [0.1, 0.15) is 68.0 Å². The largest absolute Gasteiger partial charge is 0.492 e. The lowest BCUT2D eigenvalue weighted by Crippen LogP contribution is -2.55. The molecule has 0 unspecified atom stereocenters. The normalized spacial score (nSPS) is 15.1. The molecule has 13 nitrogen and oxygen atoms in total. The number of rotatable bonds is 22. The standard InChI is InChI=1S/C55H63N5O8S/c1-6-47(41-16-10-7-11-17-41)51(42-18-12-8-13-19-42)43-24-26-46(27-25-43)68-31-28-59(5)50(63)36-67-30-15-9-14-29-66-35-49(62)58-52(38(2)3)55(65)60-34-45(61)32-48(60)54(64)56-33-40-20-22-44(23-21-40)53-39(4)57-37-69-53/h7-8,10-13,16-27,37-38,45,48,52,61H,6,14,28-36H2,1-5H3,(H,56,64)(H,58,62)/b51-47-/t45-,48+,52+/m1/s1. The van der Waals surface area contributed by atoms with Gasteiger partial charge in [-0.1, -0.05) is 130 Å². The third kappa shape index (κ3) is 14.9. The summed E-state index contributed by atoms with van der Waals surface area (Å²) in [6.45, 7) is 8.46. The number of likely N-dealkylation sites (N-methyl/N-ethyl adjacent to an activating group) is 1. The summed E-state index contributed by atoms with van der Waals surface area (Å²) in [7, 11) is 1.70. The van der Waals surface area contributed by atoms with E-state index in [1.54, 1.807) is 37.1 Å². The van der Waals surface area contributed by atoms with Crippen molar-refractivity contribution in [3.8, 4) is 28.0 Å². The Bertz CT molecular complexity index is 2550. The third-order valence-electron chi connectivity index (χ3n) is 11.8. The van der Waals surface area contributed by atoms with Gasteiger partial charge in [-0.15, -0.1) is 11.3 Å². The van der Waals surface area contributed by atoms with Gasteiger partial charge in [0.1, 0.15) is 44.3 Å². The molecule has 69 heavy (non-hydrogen) atoms. The van der Waals surface area contributed by atoms with Crippen LogP contribution >= 0.6 is 11.3 Å². The number of carbonyl (C=O) groups is 4. The summed E-state index contributed by atoms with van der Waals surface area (Å²) in [6, 6.07) is 35.0. The molecule has 2 heterocycles. The fourth-order valence-electron chi connectivity index (χ4n) is 8.03. The lowest BCUT2D eigenvalue weighted by atomic mass is 9.88. The average molecular weight is 954 g/mol. The average Bonchev–Trinajstić information content (AvgIpc) is 3.99. The summed E-state index contributed by atoms with van der Waals surface area (Å²) in [5.74, 6) is 4.68. The maximum Gasteiger partial charge on any atom is 0.248 e. The Hall–Kier alpha value is -6.63. The van der Waals surface area contributed by atoms with E-state index < -0.39 is 30.0 Å². The fourth-order valence-corrected chi connectivity index (χ4v) is 8.84. The molecule has 1 aliphatic heterocycles. The molecule has 362 valence electrons. The van der Waals surface area contributed by atoms with Gasteiger partial charge in [-0.3, -0.25) is 19.2 Å². The number of allylic oxidation sites excluding steroid dienone is 1. The van der Waals surface area contributed by atoms with Gasteiger partial charge in [0, 0.05) is 33.0 Å². The van der Waals surface area contributed by atoms with Gasteiger partial charge in [0.25, 0.3) is 0 Å². The van der Waals surface area contributed by atoms with E-state index in [1.165, 1.54) is 21.6 Å². The fraction of sp³-hybridized carbons (Fsp3) is 0.364. The van der Waals surface area contributed by atoms with Gasteiger partial charge in [0.2, 0.25) is 23.6 Å². The summed E-state index contributed by atoms with van der Waals surface area (Å²) in [4.78, 5) is 61.0. The van der Waals surface area contributed by atoms with Crippen LogP contribution in [0.25, 0.3) is 21.6 Å². The number of ether oxygens (including phenoxy) is 3. The van der Waals surface area contributed by atoms with Crippen LogP contribution in [-0.2, 0) is 35.2 Å². The molecule has 1 aliphatic rings. The molecule has 0 bridgehead atoms. The number of amides is 4. The van der Waals surface area contributed by atoms with Crippen molar-refractivity contribution in [2.45, 2.75) is 71.7 Å². The van der Waals surface area contributed by atoms with Gasteiger partial charge < -0.3 is 39.8 Å². The maximum atomic E-state index is 13.7. The van der Waals surface area contributed by atoms with Gasteiger partial charge in [-0.05, 0) is 70.4 Å². The van der Waals surface area contributed by atoms with Crippen molar-refractivity contribution >= 4 is 46.1 Å². The lowest BCUT2D eigenvalue weighted by Gasteiger charge is -2.30. The van der Waals surface area contributed by atoms with Crippen molar-refractivity contribution in [3.05, 3.63) is 143 Å². The molecule has 6 rings (SSSR count). The van der Waals surface area contributed by atoms with Crippen molar-refractivity contribution in [2.24, 2.45) is 5.92 Å². The predicted molar refractivity (Wildman–Crippen MR) is 270 cm³/mol. The van der Waals surface area contributed by atoms with E-state index in [9.17, 15) is 24.3 Å². The number of hydrogen-bond donors (Lipinski definition) is 3. The van der Waals surface area contributed by atoms with Crippen molar-refractivity contribution in [1.82, 2.24) is 25.4 Å². The number of aliphatic hydroxyl groups excluding tert-OH is 1. The monoisotopic (exact) mass is 953 g/mol. The van der Waals surface area contributed by atoms with Crippen LogP contribution in [0.4, 0.5) is 0 Å². The van der Waals surface area contributed by atoms with Crippen LogP contribution in [0, 0.1) is 24.7 Å².